The van der Waals surface area contributed by atoms with Crippen molar-refractivity contribution in [2.24, 2.45) is 0 Å². The molecule has 0 radical (unpaired) electrons. The van der Waals surface area contributed by atoms with E-state index in [9.17, 15) is 8.78 Å². The maximum absolute atomic E-state index is 12.0. The molecule has 1 N–H and O–H groups in total. The topological polar surface area (TPSA) is 39.1 Å². The second-order valence-corrected chi connectivity index (χ2v) is 4.81. The number of nitrogens with one attached hydrogen (secondary N) is 1. The van der Waals surface area contributed by atoms with Gasteiger partial charge in [-0.2, -0.15) is 5.10 Å². The Bertz CT molecular complexity index is 382. The van der Waals surface area contributed by atoms with E-state index in [1.165, 1.54) is 5.69 Å². The van der Waals surface area contributed by atoms with Crippen molar-refractivity contribution in [3.63, 3.8) is 0 Å². The Morgan fingerprint density at radius 3 is 2.75 bits per heavy atom. The Labute approximate surface area is 119 Å². The van der Waals surface area contributed by atoms with E-state index in [4.69, 9.17) is 4.74 Å². The van der Waals surface area contributed by atoms with Gasteiger partial charge >= 0.3 is 0 Å². The molecule has 0 spiro atoms. The summed E-state index contributed by atoms with van der Waals surface area (Å²) in [7, 11) is 0. The number of rotatable bonds is 10. The number of nitrogens with zero attached hydrogens (tertiary/aromatic N) is 2. The minimum Gasteiger partial charge on any atom is -0.375 e. The molecule has 0 aliphatic heterocycles. The summed E-state index contributed by atoms with van der Waals surface area (Å²) in [5, 5.41) is 7.79. The predicted molar refractivity (Wildman–Crippen MR) is 75.2 cm³/mol. The van der Waals surface area contributed by atoms with Gasteiger partial charge in [0.1, 0.15) is 6.61 Å². The average Bonchev–Trinajstić information content (AvgIpc) is 2.74. The van der Waals surface area contributed by atoms with Crippen molar-refractivity contribution in [1.29, 1.82) is 0 Å². The smallest absolute Gasteiger partial charge is 0.261 e. The lowest BCUT2D eigenvalue weighted by molar-refractivity contribution is 0.0144. The second-order valence-electron chi connectivity index (χ2n) is 4.81. The minimum absolute atomic E-state index is 0.221. The first-order valence-corrected chi connectivity index (χ1v) is 7.19. The first-order valence-electron chi connectivity index (χ1n) is 7.19. The van der Waals surface area contributed by atoms with Crippen LogP contribution < -0.4 is 5.32 Å². The van der Waals surface area contributed by atoms with E-state index in [0.29, 0.717) is 13.0 Å². The van der Waals surface area contributed by atoms with Crippen molar-refractivity contribution < 1.29 is 13.5 Å². The lowest BCUT2D eigenvalue weighted by Gasteiger charge is -2.18. The van der Waals surface area contributed by atoms with Crippen molar-refractivity contribution in [2.45, 2.75) is 52.6 Å². The fraction of sp³-hybridized carbons (Fsp3) is 0.786. The second kappa shape index (κ2) is 9.02. The Hall–Kier alpha value is -1.01. The molecule has 0 aromatic carbocycles. The normalized spacial score (nSPS) is 13.1. The monoisotopic (exact) mass is 289 g/mol. The number of alkyl halides is 2. The number of likely N-dealkylation sites (N-methyl/N-ethyl adjacent to an activating group) is 1. The number of ether oxygens (including phenoxy) is 1. The summed E-state index contributed by atoms with van der Waals surface area (Å²) in [6.45, 7) is 7.62. The Balaban J connectivity index is 2.48. The summed E-state index contributed by atoms with van der Waals surface area (Å²) in [5.74, 6) is 0. The fourth-order valence-corrected chi connectivity index (χ4v) is 2.25. The highest BCUT2D eigenvalue weighted by molar-refractivity contribution is 5.10. The van der Waals surface area contributed by atoms with Gasteiger partial charge < -0.3 is 10.1 Å². The average molecular weight is 289 g/mol. The van der Waals surface area contributed by atoms with Gasteiger partial charge in [0.15, 0.2) is 0 Å². The zero-order chi connectivity index (χ0) is 15.0. The van der Waals surface area contributed by atoms with Crippen molar-refractivity contribution >= 4 is 0 Å². The SMILES string of the molecule is CCNC(CCOCC(F)F)Cc1cc(C)nn1CC. The van der Waals surface area contributed by atoms with Gasteiger partial charge in [0.2, 0.25) is 0 Å². The zero-order valence-electron chi connectivity index (χ0n) is 12.5. The molecule has 20 heavy (non-hydrogen) atoms. The van der Waals surface area contributed by atoms with E-state index in [-0.39, 0.29) is 6.04 Å². The number of aromatic nitrogens is 2. The van der Waals surface area contributed by atoms with Crippen LogP contribution in [0.1, 0.15) is 31.7 Å². The van der Waals surface area contributed by atoms with Gasteiger partial charge in [-0.05, 0) is 32.9 Å². The molecule has 4 nitrogen and oxygen atoms in total. The molecule has 0 saturated heterocycles. The molecule has 0 fully saturated rings. The maximum atomic E-state index is 12.0. The van der Waals surface area contributed by atoms with Crippen LogP contribution in [0.15, 0.2) is 6.07 Å². The summed E-state index contributed by atoms with van der Waals surface area (Å²) in [6.07, 6.45) is -0.841. The molecule has 6 heteroatoms. The zero-order valence-corrected chi connectivity index (χ0v) is 12.5. The molecule has 0 saturated carbocycles. The molecule has 1 atom stereocenters. The van der Waals surface area contributed by atoms with Gasteiger partial charge in [-0.3, -0.25) is 4.68 Å². The van der Waals surface area contributed by atoms with Crippen molar-refractivity contribution in [1.82, 2.24) is 15.1 Å². The predicted octanol–water partition coefficient (Wildman–Crippen LogP) is 2.40. The van der Waals surface area contributed by atoms with E-state index in [1.54, 1.807) is 0 Å². The summed E-state index contributed by atoms with van der Waals surface area (Å²) in [6, 6.07) is 2.30. The molecule has 1 rings (SSSR count). The van der Waals surface area contributed by atoms with Gasteiger partial charge in [-0.1, -0.05) is 6.92 Å². The summed E-state index contributed by atoms with van der Waals surface area (Å²) < 4.78 is 31.0. The molecular formula is C14H25F2N3O. The molecular weight excluding hydrogens is 264 g/mol. The summed E-state index contributed by atoms with van der Waals surface area (Å²) in [5.41, 5.74) is 2.18. The fourth-order valence-electron chi connectivity index (χ4n) is 2.25. The highest BCUT2D eigenvalue weighted by Crippen LogP contribution is 2.09. The highest BCUT2D eigenvalue weighted by atomic mass is 19.3. The molecule has 0 amide bonds. The first kappa shape index (κ1) is 17.0. The van der Waals surface area contributed by atoms with E-state index in [0.717, 1.165) is 25.2 Å². The number of hydrogen-bond donors (Lipinski definition) is 1. The third-order valence-corrected chi connectivity index (χ3v) is 3.09. The molecule has 0 bridgehead atoms. The molecule has 1 heterocycles. The molecule has 0 aliphatic rings. The molecule has 0 aliphatic carbocycles. The quantitative estimate of drug-likeness (QED) is 0.672. The van der Waals surface area contributed by atoms with Crippen molar-refractivity contribution in [3.05, 3.63) is 17.5 Å². The summed E-state index contributed by atoms with van der Waals surface area (Å²) in [4.78, 5) is 0. The van der Waals surface area contributed by atoms with Crippen LogP contribution in [0.25, 0.3) is 0 Å². The van der Waals surface area contributed by atoms with Crippen molar-refractivity contribution in [2.75, 3.05) is 19.8 Å². The summed E-state index contributed by atoms with van der Waals surface area (Å²) >= 11 is 0. The van der Waals surface area contributed by atoms with Gasteiger partial charge in [0.05, 0.1) is 5.69 Å². The number of aryl methyl sites for hydroxylation is 2. The molecule has 1 unspecified atom stereocenters. The van der Waals surface area contributed by atoms with Gasteiger partial charge in [-0.15, -0.1) is 0 Å². The van der Waals surface area contributed by atoms with Gasteiger partial charge in [0.25, 0.3) is 6.43 Å². The van der Waals surface area contributed by atoms with Crippen LogP contribution in [0.4, 0.5) is 8.78 Å². The third-order valence-electron chi connectivity index (χ3n) is 3.09. The maximum Gasteiger partial charge on any atom is 0.261 e. The lowest BCUT2D eigenvalue weighted by Crippen LogP contribution is -2.33. The standard InChI is InChI=1S/C14H25F2N3O/c1-4-17-12(6-7-20-10-14(15)16)9-13-8-11(3)18-19(13)5-2/h8,12,14,17H,4-7,9-10H2,1-3H3. The largest absolute Gasteiger partial charge is 0.375 e. The first-order chi connectivity index (χ1) is 9.56. The van der Waals surface area contributed by atoms with E-state index < -0.39 is 13.0 Å². The lowest BCUT2D eigenvalue weighted by atomic mass is 10.1. The van der Waals surface area contributed by atoms with Crippen LogP contribution >= 0.6 is 0 Å². The molecule has 1 aromatic heterocycles. The van der Waals surface area contributed by atoms with Crippen molar-refractivity contribution in [3.8, 4) is 0 Å². The highest BCUT2D eigenvalue weighted by Gasteiger charge is 2.13. The van der Waals surface area contributed by atoms with Crippen LogP contribution in [-0.2, 0) is 17.7 Å². The van der Waals surface area contributed by atoms with Crippen LogP contribution in [0.3, 0.4) is 0 Å². The van der Waals surface area contributed by atoms with E-state index in [1.807, 2.05) is 18.5 Å². The Kier molecular flexibility index (Phi) is 7.69. The van der Waals surface area contributed by atoms with Gasteiger partial charge in [-0.25, -0.2) is 8.78 Å². The molecule has 1 aromatic rings. The minimum atomic E-state index is -2.39. The van der Waals surface area contributed by atoms with E-state index >= 15 is 0 Å². The molecule has 116 valence electrons. The van der Waals surface area contributed by atoms with Crippen LogP contribution in [0, 0.1) is 6.92 Å². The van der Waals surface area contributed by atoms with Crippen LogP contribution in [0.5, 0.6) is 0 Å². The Morgan fingerprint density at radius 1 is 1.40 bits per heavy atom. The number of hydrogen-bond acceptors (Lipinski definition) is 3. The van der Waals surface area contributed by atoms with Crippen LogP contribution in [0.2, 0.25) is 0 Å². The van der Waals surface area contributed by atoms with E-state index in [2.05, 4.69) is 23.4 Å². The third kappa shape index (κ3) is 5.96. The Morgan fingerprint density at radius 2 is 2.15 bits per heavy atom. The van der Waals surface area contributed by atoms with Gasteiger partial charge in [0, 0.05) is 31.3 Å². The number of halogens is 2. The van der Waals surface area contributed by atoms with Crippen LogP contribution in [-0.4, -0.2) is 42.0 Å².